The highest BCUT2D eigenvalue weighted by Crippen LogP contribution is 2.34. The van der Waals surface area contributed by atoms with Gasteiger partial charge in [0.2, 0.25) is 0 Å². The van der Waals surface area contributed by atoms with E-state index in [-0.39, 0.29) is 18.0 Å². The number of hydrogen-bond donors (Lipinski definition) is 0. The maximum Gasteiger partial charge on any atom is 0.309 e. The molecule has 1 heterocycles. The maximum absolute atomic E-state index is 12.0. The SMILES string of the molecule is CCCCC1CCC(c2ccc(OC)cc2)OC1=O. The topological polar surface area (TPSA) is 35.5 Å². The van der Waals surface area contributed by atoms with Gasteiger partial charge in [-0.1, -0.05) is 31.9 Å². The molecule has 19 heavy (non-hydrogen) atoms. The average molecular weight is 262 g/mol. The standard InChI is InChI=1S/C16H22O3/c1-3-4-5-13-8-11-15(19-16(13)17)12-6-9-14(18-2)10-7-12/h6-7,9-10,13,15H,3-5,8,11H2,1-2H3. The fourth-order valence-corrected chi connectivity index (χ4v) is 2.53. The van der Waals surface area contributed by atoms with Gasteiger partial charge in [0.15, 0.2) is 0 Å². The Labute approximate surface area is 114 Å². The summed E-state index contributed by atoms with van der Waals surface area (Å²) in [6.07, 6.45) is 4.97. The van der Waals surface area contributed by atoms with E-state index in [0.29, 0.717) is 0 Å². The zero-order valence-corrected chi connectivity index (χ0v) is 11.7. The van der Waals surface area contributed by atoms with Gasteiger partial charge < -0.3 is 9.47 Å². The van der Waals surface area contributed by atoms with Crippen LogP contribution in [-0.2, 0) is 9.53 Å². The molecule has 1 aliphatic heterocycles. The van der Waals surface area contributed by atoms with Crippen LogP contribution in [0.5, 0.6) is 5.75 Å². The molecule has 3 nitrogen and oxygen atoms in total. The molecule has 0 amide bonds. The molecule has 0 saturated carbocycles. The predicted molar refractivity (Wildman–Crippen MR) is 74.1 cm³/mol. The highest BCUT2D eigenvalue weighted by atomic mass is 16.5. The van der Waals surface area contributed by atoms with Crippen molar-refractivity contribution in [2.75, 3.05) is 7.11 Å². The molecule has 0 aromatic heterocycles. The molecule has 1 aromatic rings. The molecule has 1 aliphatic rings. The van der Waals surface area contributed by atoms with Crippen LogP contribution in [0.15, 0.2) is 24.3 Å². The number of hydrogen-bond acceptors (Lipinski definition) is 3. The third-order valence-electron chi connectivity index (χ3n) is 3.76. The van der Waals surface area contributed by atoms with Crippen molar-refractivity contribution in [1.29, 1.82) is 0 Å². The number of rotatable bonds is 5. The van der Waals surface area contributed by atoms with Gasteiger partial charge in [0.25, 0.3) is 0 Å². The monoisotopic (exact) mass is 262 g/mol. The molecular weight excluding hydrogens is 240 g/mol. The highest BCUT2D eigenvalue weighted by Gasteiger charge is 2.30. The number of carbonyl (C=O) groups excluding carboxylic acids is 1. The minimum absolute atomic E-state index is 0.0273. The van der Waals surface area contributed by atoms with Gasteiger partial charge in [-0.25, -0.2) is 0 Å². The minimum Gasteiger partial charge on any atom is -0.497 e. The zero-order valence-electron chi connectivity index (χ0n) is 11.7. The number of methoxy groups -OCH3 is 1. The molecule has 1 aromatic carbocycles. The van der Waals surface area contributed by atoms with Gasteiger partial charge in [0.1, 0.15) is 11.9 Å². The molecule has 2 atom stereocenters. The van der Waals surface area contributed by atoms with Crippen molar-refractivity contribution in [2.45, 2.75) is 45.1 Å². The number of cyclic esters (lactones) is 1. The average Bonchev–Trinajstić information content (AvgIpc) is 2.46. The van der Waals surface area contributed by atoms with Crippen LogP contribution in [0.1, 0.15) is 50.7 Å². The van der Waals surface area contributed by atoms with Crippen LogP contribution in [0.25, 0.3) is 0 Å². The lowest BCUT2D eigenvalue weighted by Gasteiger charge is -2.28. The fraction of sp³-hybridized carbons (Fsp3) is 0.562. The smallest absolute Gasteiger partial charge is 0.309 e. The van der Waals surface area contributed by atoms with Gasteiger partial charge in [-0.05, 0) is 37.0 Å². The Bertz CT molecular complexity index is 411. The van der Waals surface area contributed by atoms with Gasteiger partial charge in [0, 0.05) is 0 Å². The summed E-state index contributed by atoms with van der Waals surface area (Å²) < 4.78 is 10.7. The van der Waals surface area contributed by atoms with Crippen LogP contribution in [-0.4, -0.2) is 13.1 Å². The van der Waals surface area contributed by atoms with E-state index in [2.05, 4.69) is 6.92 Å². The molecule has 1 fully saturated rings. The summed E-state index contributed by atoms with van der Waals surface area (Å²) in [6.45, 7) is 2.15. The van der Waals surface area contributed by atoms with Crippen molar-refractivity contribution < 1.29 is 14.3 Å². The van der Waals surface area contributed by atoms with E-state index < -0.39 is 0 Å². The van der Waals surface area contributed by atoms with Gasteiger partial charge >= 0.3 is 5.97 Å². The number of ether oxygens (including phenoxy) is 2. The first-order valence-electron chi connectivity index (χ1n) is 7.09. The second-order valence-electron chi connectivity index (χ2n) is 5.12. The summed E-state index contributed by atoms with van der Waals surface area (Å²) in [5.74, 6) is 0.904. The molecule has 104 valence electrons. The number of carbonyl (C=O) groups is 1. The Hall–Kier alpha value is -1.51. The van der Waals surface area contributed by atoms with E-state index in [0.717, 1.165) is 43.4 Å². The van der Waals surface area contributed by atoms with Crippen molar-refractivity contribution in [3.8, 4) is 5.75 Å². The molecular formula is C16H22O3. The van der Waals surface area contributed by atoms with Crippen molar-refractivity contribution in [3.63, 3.8) is 0 Å². The van der Waals surface area contributed by atoms with E-state index in [1.54, 1.807) is 7.11 Å². The molecule has 0 radical (unpaired) electrons. The van der Waals surface area contributed by atoms with Crippen molar-refractivity contribution in [2.24, 2.45) is 5.92 Å². The van der Waals surface area contributed by atoms with Crippen molar-refractivity contribution in [1.82, 2.24) is 0 Å². The van der Waals surface area contributed by atoms with E-state index in [1.807, 2.05) is 24.3 Å². The van der Waals surface area contributed by atoms with E-state index in [1.165, 1.54) is 0 Å². The van der Waals surface area contributed by atoms with Crippen LogP contribution >= 0.6 is 0 Å². The van der Waals surface area contributed by atoms with Gasteiger partial charge in [-0.15, -0.1) is 0 Å². The summed E-state index contributed by atoms with van der Waals surface area (Å²) >= 11 is 0. The molecule has 0 bridgehead atoms. The van der Waals surface area contributed by atoms with Crippen molar-refractivity contribution in [3.05, 3.63) is 29.8 Å². The first-order valence-corrected chi connectivity index (χ1v) is 7.09. The minimum atomic E-state index is -0.0868. The number of benzene rings is 1. The number of unbranched alkanes of at least 4 members (excludes halogenated alkanes) is 1. The fourth-order valence-electron chi connectivity index (χ4n) is 2.53. The van der Waals surface area contributed by atoms with Crippen molar-refractivity contribution >= 4 is 5.97 Å². The third-order valence-corrected chi connectivity index (χ3v) is 3.76. The zero-order chi connectivity index (χ0) is 13.7. The Morgan fingerprint density at radius 2 is 2.00 bits per heavy atom. The summed E-state index contributed by atoms with van der Waals surface area (Å²) in [5, 5.41) is 0. The third kappa shape index (κ3) is 3.49. The number of esters is 1. The summed E-state index contributed by atoms with van der Waals surface area (Å²) in [7, 11) is 1.65. The Morgan fingerprint density at radius 3 is 2.58 bits per heavy atom. The van der Waals surface area contributed by atoms with Gasteiger partial charge in [-0.3, -0.25) is 4.79 Å². The lowest BCUT2D eigenvalue weighted by Crippen LogP contribution is -2.26. The van der Waals surface area contributed by atoms with Crippen LogP contribution in [0.2, 0.25) is 0 Å². The second kappa shape index (κ2) is 6.60. The van der Waals surface area contributed by atoms with Crippen LogP contribution in [0.3, 0.4) is 0 Å². The Balaban J connectivity index is 1.95. The molecule has 3 heteroatoms. The largest absolute Gasteiger partial charge is 0.497 e. The van der Waals surface area contributed by atoms with Gasteiger partial charge in [0.05, 0.1) is 13.0 Å². The first kappa shape index (κ1) is 13.9. The lowest BCUT2D eigenvalue weighted by atomic mass is 9.90. The molecule has 2 rings (SSSR count). The summed E-state index contributed by atoms with van der Waals surface area (Å²) in [4.78, 5) is 12.0. The maximum atomic E-state index is 12.0. The molecule has 0 spiro atoms. The second-order valence-corrected chi connectivity index (χ2v) is 5.12. The molecule has 2 unspecified atom stereocenters. The lowest BCUT2D eigenvalue weighted by molar-refractivity contribution is -0.161. The molecule has 0 aliphatic carbocycles. The summed E-state index contributed by atoms with van der Waals surface area (Å²) in [5.41, 5.74) is 1.06. The first-order chi connectivity index (χ1) is 9.24. The predicted octanol–water partition coefficient (Wildman–Crippen LogP) is 3.88. The molecule has 0 N–H and O–H groups in total. The van der Waals surface area contributed by atoms with E-state index in [4.69, 9.17) is 9.47 Å². The Morgan fingerprint density at radius 1 is 1.26 bits per heavy atom. The van der Waals surface area contributed by atoms with Crippen LogP contribution in [0, 0.1) is 5.92 Å². The van der Waals surface area contributed by atoms with Crippen LogP contribution in [0.4, 0.5) is 0 Å². The van der Waals surface area contributed by atoms with E-state index >= 15 is 0 Å². The highest BCUT2D eigenvalue weighted by molar-refractivity contribution is 5.73. The Kier molecular flexibility index (Phi) is 4.83. The van der Waals surface area contributed by atoms with Crippen LogP contribution < -0.4 is 4.74 Å². The normalized spacial score (nSPS) is 22.9. The van der Waals surface area contributed by atoms with Gasteiger partial charge in [-0.2, -0.15) is 0 Å². The van der Waals surface area contributed by atoms with E-state index in [9.17, 15) is 4.79 Å². The summed E-state index contributed by atoms with van der Waals surface area (Å²) in [6, 6.07) is 7.77. The quantitative estimate of drug-likeness (QED) is 0.755. The molecule has 1 saturated heterocycles.